The van der Waals surface area contributed by atoms with E-state index >= 15 is 0 Å². The van der Waals surface area contributed by atoms with Crippen molar-refractivity contribution in [3.8, 4) is 0 Å². The Morgan fingerprint density at radius 2 is 1.83 bits per heavy atom. The van der Waals surface area contributed by atoms with E-state index in [1.54, 1.807) is 24.3 Å². The number of nitrogens with zero attached hydrogens (tertiary/aromatic N) is 2. The van der Waals surface area contributed by atoms with Crippen molar-refractivity contribution in [1.82, 2.24) is 20.5 Å². The van der Waals surface area contributed by atoms with E-state index in [4.69, 9.17) is 0 Å². The van der Waals surface area contributed by atoms with Crippen LogP contribution in [0, 0.1) is 0 Å². The lowest BCUT2D eigenvalue weighted by atomic mass is 10.0. The van der Waals surface area contributed by atoms with Crippen LogP contribution in [0.5, 0.6) is 0 Å². The summed E-state index contributed by atoms with van der Waals surface area (Å²) in [5.74, 6) is -2.62. The number of pyridine rings is 1. The number of piperidine rings is 1. The van der Waals surface area contributed by atoms with E-state index in [0.29, 0.717) is 11.1 Å². The summed E-state index contributed by atoms with van der Waals surface area (Å²) in [6.45, 7) is 0.0343. The number of hydrogen-bond acceptors (Lipinski definition) is 6. The van der Waals surface area contributed by atoms with Crippen LogP contribution in [0.1, 0.15) is 56.9 Å². The highest BCUT2D eigenvalue weighted by Crippen LogP contribution is 2.29. The lowest BCUT2D eigenvalue weighted by Gasteiger charge is -2.27. The fraction of sp³-hybridized carbons (Fsp3) is 0.238. The summed E-state index contributed by atoms with van der Waals surface area (Å²) in [6, 6.07) is 6.86. The molecule has 2 aromatic rings. The van der Waals surface area contributed by atoms with Crippen LogP contribution in [0.25, 0.3) is 0 Å². The van der Waals surface area contributed by atoms with E-state index < -0.39 is 29.7 Å². The molecule has 9 nitrogen and oxygen atoms in total. The Balaban J connectivity index is 0.00000256. The minimum Gasteiger partial charge on any atom is -0.348 e. The van der Waals surface area contributed by atoms with E-state index in [9.17, 15) is 24.0 Å². The van der Waals surface area contributed by atoms with Crippen LogP contribution < -0.4 is 10.6 Å². The number of carbonyl (C=O) groups is 5. The second-order valence-electron chi connectivity index (χ2n) is 6.71. The molecule has 30 heavy (non-hydrogen) atoms. The number of aromatic nitrogens is 1. The highest BCUT2D eigenvalue weighted by molar-refractivity contribution is 6.24. The highest BCUT2D eigenvalue weighted by atomic mass is 16.2. The topological polar surface area (TPSA) is 126 Å². The third-order valence-electron chi connectivity index (χ3n) is 4.94. The van der Waals surface area contributed by atoms with Crippen LogP contribution in [-0.2, 0) is 16.1 Å². The molecule has 3 heterocycles. The van der Waals surface area contributed by atoms with Gasteiger partial charge in [-0.1, -0.05) is 19.6 Å². The monoisotopic (exact) mass is 408 g/mol. The standard InChI is InChI=1S/C20H16N4O5.CH4/c25-15-5-4-14(18(27)23-15)24-19(28)13-3-1-2-12(16(13)20(24)29)10-22-17(26)11-6-8-21-9-7-11;/h1-3,6-9,14H,4-5,10H2,(H,22,26)(H,23,25,27);1H4. The van der Waals surface area contributed by atoms with Crippen LogP contribution in [0.3, 0.4) is 0 Å². The minimum atomic E-state index is -1.03. The number of imide groups is 2. The Kier molecular flexibility index (Phi) is 5.72. The van der Waals surface area contributed by atoms with Gasteiger partial charge in [0, 0.05) is 30.9 Å². The number of amides is 5. The lowest BCUT2D eigenvalue weighted by Crippen LogP contribution is -2.54. The predicted molar refractivity (Wildman–Crippen MR) is 105 cm³/mol. The van der Waals surface area contributed by atoms with Crippen molar-refractivity contribution >= 4 is 29.5 Å². The third-order valence-corrected chi connectivity index (χ3v) is 4.94. The summed E-state index contributed by atoms with van der Waals surface area (Å²) in [5, 5.41) is 4.88. The highest BCUT2D eigenvalue weighted by Gasteiger charge is 2.45. The van der Waals surface area contributed by atoms with Crippen molar-refractivity contribution in [3.05, 3.63) is 65.0 Å². The van der Waals surface area contributed by atoms with Gasteiger partial charge in [0.2, 0.25) is 11.8 Å². The Labute approximate surface area is 172 Å². The molecule has 0 saturated carbocycles. The molecule has 1 aromatic carbocycles. The first-order chi connectivity index (χ1) is 14.0. The maximum absolute atomic E-state index is 13.0. The Hall–Kier alpha value is -3.88. The van der Waals surface area contributed by atoms with Gasteiger partial charge in [0.1, 0.15) is 6.04 Å². The molecule has 5 amide bonds. The van der Waals surface area contributed by atoms with Crippen LogP contribution >= 0.6 is 0 Å². The second-order valence-corrected chi connectivity index (χ2v) is 6.71. The first-order valence-electron chi connectivity index (χ1n) is 8.99. The maximum atomic E-state index is 13.0. The zero-order chi connectivity index (χ0) is 20.5. The van der Waals surface area contributed by atoms with Gasteiger partial charge in [0.15, 0.2) is 0 Å². The molecule has 2 N–H and O–H groups in total. The molecule has 0 aliphatic carbocycles. The van der Waals surface area contributed by atoms with Crippen molar-refractivity contribution in [2.45, 2.75) is 32.9 Å². The number of fused-ring (bicyclic) bond motifs is 1. The van der Waals surface area contributed by atoms with Gasteiger partial charge in [-0.05, 0) is 30.2 Å². The average molecular weight is 408 g/mol. The summed E-state index contributed by atoms with van der Waals surface area (Å²) in [6.07, 6.45) is 3.13. The maximum Gasteiger partial charge on any atom is 0.262 e. The summed E-state index contributed by atoms with van der Waals surface area (Å²) in [7, 11) is 0. The third kappa shape index (κ3) is 3.57. The zero-order valence-corrected chi connectivity index (χ0v) is 15.2. The van der Waals surface area contributed by atoms with Crippen molar-refractivity contribution in [3.63, 3.8) is 0 Å². The van der Waals surface area contributed by atoms with Crippen LogP contribution in [0.2, 0.25) is 0 Å². The molecule has 2 aliphatic heterocycles. The number of benzene rings is 1. The van der Waals surface area contributed by atoms with Crippen LogP contribution in [0.4, 0.5) is 0 Å². The summed E-state index contributed by atoms with van der Waals surface area (Å²) < 4.78 is 0. The van der Waals surface area contributed by atoms with Crippen molar-refractivity contribution < 1.29 is 24.0 Å². The average Bonchev–Trinajstić information content (AvgIpc) is 2.98. The first kappa shape index (κ1) is 20.8. The Morgan fingerprint density at radius 1 is 1.10 bits per heavy atom. The molecule has 0 bridgehead atoms. The molecule has 9 heteroatoms. The zero-order valence-electron chi connectivity index (χ0n) is 15.2. The Bertz CT molecular complexity index is 1050. The largest absolute Gasteiger partial charge is 0.348 e. The van der Waals surface area contributed by atoms with E-state index in [0.717, 1.165) is 4.90 Å². The molecule has 1 fully saturated rings. The van der Waals surface area contributed by atoms with Gasteiger partial charge >= 0.3 is 0 Å². The van der Waals surface area contributed by atoms with Gasteiger partial charge in [-0.2, -0.15) is 0 Å². The van der Waals surface area contributed by atoms with Crippen molar-refractivity contribution in [1.29, 1.82) is 0 Å². The molecular formula is C21H20N4O5. The van der Waals surface area contributed by atoms with Gasteiger partial charge in [0.05, 0.1) is 11.1 Å². The quantitative estimate of drug-likeness (QED) is 0.729. The molecule has 0 spiro atoms. The van der Waals surface area contributed by atoms with Crippen LogP contribution in [-0.4, -0.2) is 45.5 Å². The van der Waals surface area contributed by atoms with Gasteiger partial charge in [-0.25, -0.2) is 0 Å². The van der Waals surface area contributed by atoms with E-state index in [-0.39, 0.29) is 43.8 Å². The first-order valence-corrected chi connectivity index (χ1v) is 8.99. The van der Waals surface area contributed by atoms with Gasteiger partial charge in [0.25, 0.3) is 17.7 Å². The van der Waals surface area contributed by atoms with Crippen molar-refractivity contribution in [2.24, 2.45) is 0 Å². The van der Waals surface area contributed by atoms with E-state index in [2.05, 4.69) is 15.6 Å². The molecule has 2 aliphatic rings. The lowest BCUT2D eigenvalue weighted by molar-refractivity contribution is -0.136. The molecule has 154 valence electrons. The van der Waals surface area contributed by atoms with E-state index in [1.165, 1.54) is 18.5 Å². The number of rotatable bonds is 4. The van der Waals surface area contributed by atoms with Gasteiger partial charge in [-0.3, -0.25) is 39.2 Å². The fourth-order valence-corrected chi connectivity index (χ4v) is 3.51. The number of carbonyl (C=O) groups excluding carboxylic acids is 5. The normalized spacial score (nSPS) is 17.9. The molecule has 1 aromatic heterocycles. The fourth-order valence-electron chi connectivity index (χ4n) is 3.51. The molecule has 1 saturated heterocycles. The van der Waals surface area contributed by atoms with E-state index in [1.807, 2.05) is 0 Å². The summed E-state index contributed by atoms with van der Waals surface area (Å²) in [4.78, 5) is 66.3. The SMILES string of the molecule is C.O=C1CCC(N2C(=O)c3cccc(CNC(=O)c4ccncc4)c3C2=O)C(=O)N1. The molecular weight excluding hydrogens is 388 g/mol. The molecule has 0 radical (unpaired) electrons. The minimum absolute atomic E-state index is 0. The second kappa shape index (κ2) is 8.24. The van der Waals surface area contributed by atoms with Crippen molar-refractivity contribution in [2.75, 3.05) is 0 Å². The summed E-state index contributed by atoms with van der Waals surface area (Å²) in [5.41, 5.74) is 1.23. The predicted octanol–water partition coefficient (Wildman–Crippen LogP) is 1.05. The smallest absolute Gasteiger partial charge is 0.262 e. The summed E-state index contributed by atoms with van der Waals surface area (Å²) >= 11 is 0. The van der Waals surface area contributed by atoms with Gasteiger partial charge in [-0.15, -0.1) is 0 Å². The van der Waals surface area contributed by atoms with Gasteiger partial charge < -0.3 is 5.32 Å². The molecule has 1 unspecified atom stereocenters. The number of hydrogen-bond donors (Lipinski definition) is 2. The molecule has 1 atom stereocenters. The Morgan fingerprint density at radius 3 is 2.53 bits per heavy atom. The number of nitrogens with one attached hydrogen (secondary N) is 2. The molecule has 4 rings (SSSR count). The van der Waals surface area contributed by atoms with Crippen LogP contribution in [0.15, 0.2) is 42.7 Å².